The summed E-state index contributed by atoms with van der Waals surface area (Å²) in [5.74, 6) is 0.760. The quantitative estimate of drug-likeness (QED) is 0.756. The summed E-state index contributed by atoms with van der Waals surface area (Å²) in [6.07, 6.45) is 4.55. The minimum absolute atomic E-state index is 0.736. The molecule has 1 fully saturated rings. The van der Waals surface area contributed by atoms with Gasteiger partial charge in [-0.2, -0.15) is 0 Å². The first-order chi connectivity index (χ1) is 7.34. The lowest BCUT2D eigenvalue weighted by Crippen LogP contribution is -2.28. The molecule has 0 atom stereocenters. The van der Waals surface area contributed by atoms with Crippen molar-refractivity contribution in [3.63, 3.8) is 0 Å². The van der Waals surface area contributed by atoms with Crippen molar-refractivity contribution in [1.82, 2.24) is 5.06 Å². The summed E-state index contributed by atoms with van der Waals surface area (Å²) in [4.78, 5) is 0. The second-order valence-electron chi connectivity index (χ2n) is 4.40. The SMILES string of the molecule is [O-]N1CCC(CCc2ccccc2)CC1. The lowest BCUT2D eigenvalue weighted by atomic mass is 9.91. The minimum atomic E-state index is 0.736. The zero-order valence-electron chi connectivity index (χ0n) is 9.06. The Labute approximate surface area is 91.5 Å². The third-order valence-corrected chi connectivity index (χ3v) is 3.26. The van der Waals surface area contributed by atoms with E-state index in [0.29, 0.717) is 0 Å². The van der Waals surface area contributed by atoms with Crippen LogP contribution in [0.5, 0.6) is 0 Å². The fourth-order valence-corrected chi connectivity index (χ4v) is 2.21. The van der Waals surface area contributed by atoms with Crippen molar-refractivity contribution in [2.45, 2.75) is 25.7 Å². The zero-order chi connectivity index (χ0) is 10.5. The van der Waals surface area contributed by atoms with Crippen LogP contribution in [0.3, 0.4) is 0 Å². The van der Waals surface area contributed by atoms with Gasteiger partial charge < -0.3 is 10.3 Å². The lowest BCUT2D eigenvalue weighted by molar-refractivity contribution is 0.235. The highest BCUT2D eigenvalue weighted by atomic mass is 16.5. The summed E-state index contributed by atoms with van der Waals surface area (Å²) < 4.78 is 0. The molecule has 2 nitrogen and oxygen atoms in total. The van der Waals surface area contributed by atoms with Crippen LogP contribution in [0, 0.1) is 11.1 Å². The van der Waals surface area contributed by atoms with Crippen LogP contribution in [0.4, 0.5) is 0 Å². The number of rotatable bonds is 3. The Bertz CT molecular complexity index is 278. The molecule has 1 saturated heterocycles. The fourth-order valence-electron chi connectivity index (χ4n) is 2.21. The molecule has 0 N–H and O–H groups in total. The average molecular weight is 204 g/mol. The lowest BCUT2D eigenvalue weighted by Gasteiger charge is -2.36. The van der Waals surface area contributed by atoms with E-state index in [1.807, 2.05) is 0 Å². The van der Waals surface area contributed by atoms with Gasteiger partial charge in [-0.25, -0.2) is 0 Å². The molecule has 0 amide bonds. The zero-order valence-corrected chi connectivity index (χ0v) is 9.06. The Kier molecular flexibility index (Phi) is 3.75. The summed E-state index contributed by atoms with van der Waals surface area (Å²) in [7, 11) is 0. The van der Waals surface area contributed by atoms with E-state index in [-0.39, 0.29) is 0 Å². The van der Waals surface area contributed by atoms with Gasteiger partial charge in [-0.1, -0.05) is 30.3 Å². The highest BCUT2D eigenvalue weighted by Crippen LogP contribution is 2.21. The van der Waals surface area contributed by atoms with Crippen molar-refractivity contribution in [3.05, 3.63) is 41.1 Å². The standard InChI is InChI=1S/C13H18NO/c15-14-10-8-13(9-11-14)7-6-12-4-2-1-3-5-12/h1-5,13H,6-11H2/q-1. The van der Waals surface area contributed by atoms with E-state index in [1.165, 1.54) is 17.0 Å². The van der Waals surface area contributed by atoms with Crippen molar-refractivity contribution in [2.75, 3.05) is 13.1 Å². The molecular weight excluding hydrogens is 186 g/mol. The monoisotopic (exact) mass is 204 g/mol. The number of piperidine rings is 1. The molecular formula is C13H18NO-. The molecule has 0 saturated carbocycles. The maximum Gasteiger partial charge on any atom is -0.0142 e. The van der Waals surface area contributed by atoms with Gasteiger partial charge in [-0.05, 0) is 50.3 Å². The molecule has 2 heteroatoms. The molecule has 1 heterocycles. The first-order valence-corrected chi connectivity index (χ1v) is 5.80. The van der Waals surface area contributed by atoms with Gasteiger partial charge in [0, 0.05) is 0 Å². The van der Waals surface area contributed by atoms with Gasteiger partial charge in [0.1, 0.15) is 0 Å². The van der Waals surface area contributed by atoms with Crippen molar-refractivity contribution >= 4 is 0 Å². The smallest absolute Gasteiger partial charge is 0.0142 e. The normalized spacial score (nSPS) is 19.3. The molecule has 82 valence electrons. The Balaban J connectivity index is 1.74. The molecule has 1 aromatic rings. The van der Waals surface area contributed by atoms with Gasteiger partial charge >= 0.3 is 0 Å². The summed E-state index contributed by atoms with van der Waals surface area (Å²) in [5, 5.41) is 12.2. The number of hydrogen-bond donors (Lipinski definition) is 0. The number of benzene rings is 1. The third-order valence-electron chi connectivity index (χ3n) is 3.26. The van der Waals surface area contributed by atoms with Crippen molar-refractivity contribution in [3.8, 4) is 0 Å². The van der Waals surface area contributed by atoms with Crippen LogP contribution in [0.1, 0.15) is 24.8 Å². The molecule has 0 aromatic heterocycles. The number of aryl methyl sites for hydroxylation is 1. The number of hydroxylamine groups is 2. The highest BCUT2D eigenvalue weighted by molar-refractivity contribution is 5.14. The Morgan fingerprint density at radius 2 is 1.80 bits per heavy atom. The molecule has 0 spiro atoms. The summed E-state index contributed by atoms with van der Waals surface area (Å²) >= 11 is 0. The maximum atomic E-state index is 11.0. The van der Waals surface area contributed by atoms with Gasteiger partial charge in [0.05, 0.1) is 0 Å². The summed E-state index contributed by atoms with van der Waals surface area (Å²) in [5.41, 5.74) is 1.42. The summed E-state index contributed by atoms with van der Waals surface area (Å²) in [6.45, 7) is 1.47. The van der Waals surface area contributed by atoms with Crippen LogP contribution >= 0.6 is 0 Å². The van der Waals surface area contributed by atoms with Gasteiger partial charge in [0.15, 0.2) is 0 Å². The van der Waals surface area contributed by atoms with Gasteiger partial charge in [0.25, 0.3) is 0 Å². The van der Waals surface area contributed by atoms with Gasteiger partial charge in [0.2, 0.25) is 0 Å². The Morgan fingerprint density at radius 3 is 2.47 bits per heavy atom. The second-order valence-corrected chi connectivity index (χ2v) is 4.40. The molecule has 0 bridgehead atoms. The fraction of sp³-hybridized carbons (Fsp3) is 0.538. The van der Waals surface area contributed by atoms with Crippen LogP contribution in [-0.2, 0) is 6.42 Å². The third kappa shape index (κ3) is 3.33. The van der Waals surface area contributed by atoms with Crippen LogP contribution in [0.25, 0.3) is 0 Å². The van der Waals surface area contributed by atoms with Crippen molar-refractivity contribution in [1.29, 1.82) is 0 Å². The minimum Gasteiger partial charge on any atom is -0.785 e. The van der Waals surface area contributed by atoms with Crippen LogP contribution in [0.2, 0.25) is 0 Å². The van der Waals surface area contributed by atoms with Crippen molar-refractivity contribution < 1.29 is 0 Å². The number of nitrogens with zero attached hydrogens (tertiary/aromatic N) is 1. The highest BCUT2D eigenvalue weighted by Gasteiger charge is 2.13. The molecule has 1 aromatic carbocycles. The summed E-state index contributed by atoms with van der Waals surface area (Å²) in [6, 6.07) is 10.6. The Hall–Kier alpha value is -0.860. The van der Waals surface area contributed by atoms with E-state index >= 15 is 0 Å². The molecule has 2 rings (SSSR count). The average Bonchev–Trinajstić information content (AvgIpc) is 2.30. The second kappa shape index (κ2) is 5.29. The van der Waals surface area contributed by atoms with E-state index in [1.54, 1.807) is 0 Å². The molecule has 15 heavy (non-hydrogen) atoms. The maximum absolute atomic E-state index is 11.0. The van der Waals surface area contributed by atoms with Gasteiger partial charge in [-0.3, -0.25) is 0 Å². The molecule has 0 unspecified atom stereocenters. The number of hydrogen-bond acceptors (Lipinski definition) is 2. The molecule has 0 radical (unpaired) electrons. The van der Waals surface area contributed by atoms with Crippen molar-refractivity contribution in [2.24, 2.45) is 5.92 Å². The first kappa shape index (κ1) is 10.7. The van der Waals surface area contributed by atoms with E-state index in [9.17, 15) is 5.21 Å². The van der Waals surface area contributed by atoms with Crippen LogP contribution < -0.4 is 0 Å². The molecule has 1 aliphatic rings. The van der Waals surface area contributed by atoms with E-state index in [2.05, 4.69) is 30.3 Å². The Morgan fingerprint density at radius 1 is 1.13 bits per heavy atom. The van der Waals surface area contributed by atoms with Gasteiger partial charge in [-0.15, -0.1) is 0 Å². The predicted molar refractivity (Wildman–Crippen MR) is 62.4 cm³/mol. The molecule has 1 aliphatic heterocycles. The van der Waals surface area contributed by atoms with Crippen LogP contribution in [-0.4, -0.2) is 18.2 Å². The predicted octanol–water partition coefficient (Wildman–Crippen LogP) is 2.83. The topological polar surface area (TPSA) is 26.3 Å². The van der Waals surface area contributed by atoms with Crippen LogP contribution in [0.15, 0.2) is 30.3 Å². The van der Waals surface area contributed by atoms with E-state index in [4.69, 9.17) is 0 Å². The largest absolute Gasteiger partial charge is 0.785 e. The van der Waals surface area contributed by atoms with E-state index < -0.39 is 0 Å². The first-order valence-electron chi connectivity index (χ1n) is 5.80. The molecule has 0 aliphatic carbocycles. The van der Waals surface area contributed by atoms with E-state index in [0.717, 1.165) is 38.3 Å².